The summed E-state index contributed by atoms with van der Waals surface area (Å²) in [5.74, 6) is 0.987. The van der Waals surface area contributed by atoms with Gasteiger partial charge in [0, 0.05) is 78.5 Å². The molecule has 55 heavy (non-hydrogen) atoms. The van der Waals surface area contributed by atoms with Gasteiger partial charge in [0.1, 0.15) is 36.9 Å². The molecular weight excluding hydrogens is 713 g/mol. The Morgan fingerprint density at radius 1 is 0.509 bits per heavy atom. The monoisotopic (exact) mass is 766 g/mol. The third kappa shape index (κ3) is 12.9. The fourth-order valence-corrected chi connectivity index (χ4v) is 8.03. The van der Waals surface area contributed by atoms with Gasteiger partial charge >= 0.3 is 0 Å². The summed E-state index contributed by atoms with van der Waals surface area (Å²) in [6.45, 7) is 10.4. The van der Waals surface area contributed by atoms with Crippen LogP contribution in [0.2, 0.25) is 0 Å². The summed E-state index contributed by atoms with van der Waals surface area (Å²) >= 11 is 0. The van der Waals surface area contributed by atoms with Crippen molar-refractivity contribution in [3.8, 4) is 11.5 Å². The molecule has 2 aliphatic rings. The quantitative estimate of drug-likeness (QED) is 0.149. The Labute approximate surface area is 326 Å². The van der Waals surface area contributed by atoms with E-state index >= 15 is 0 Å². The molecule has 2 heterocycles. The highest BCUT2D eigenvalue weighted by Crippen LogP contribution is 2.25. The van der Waals surface area contributed by atoms with Crippen molar-refractivity contribution in [2.75, 3.05) is 91.8 Å². The van der Waals surface area contributed by atoms with E-state index in [1.54, 1.807) is 24.3 Å². The van der Waals surface area contributed by atoms with Crippen molar-refractivity contribution >= 4 is 22.0 Å². The number of ether oxygens (including phenoxy) is 2. The third-order valence-corrected chi connectivity index (χ3v) is 11.8. The average molecular weight is 767 g/mol. The van der Waals surface area contributed by atoms with Crippen LogP contribution in [0.5, 0.6) is 11.5 Å². The molecule has 2 aliphatic heterocycles. The maximum absolute atomic E-state index is 13.3. The number of nitrogens with zero attached hydrogens (tertiary/aromatic N) is 4. The van der Waals surface area contributed by atoms with E-state index in [1.807, 2.05) is 36.4 Å². The summed E-state index contributed by atoms with van der Waals surface area (Å²) in [5.41, 5.74) is 2.40. The number of hydrogen-bond acceptors (Lipinski definition) is 10. The van der Waals surface area contributed by atoms with E-state index in [0.29, 0.717) is 24.6 Å². The zero-order valence-electron chi connectivity index (χ0n) is 31.5. The van der Waals surface area contributed by atoms with Crippen molar-refractivity contribution in [2.24, 2.45) is 0 Å². The summed E-state index contributed by atoms with van der Waals surface area (Å²) in [7, 11) is -3.76. The summed E-state index contributed by atoms with van der Waals surface area (Å²) in [6, 6.07) is 33.1. The molecule has 2 fully saturated rings. The lowest BCUT2D eigenvalue weighted by molar-refractivity contribution is 0.0481. The van der Waals surface area contributed by atoms with Crippen molar-refractivity contribution in [2.45, 2.75) is 22.0 Å². The first-order chi connectivity index (χ1) is 26.8. The number of β-amino-alcohol motifs (C(OH)–C–C–N with tert-alkyl or cyclic N) is 2. The van der Waals surface area contributed by atoms with Crippen LogP contribution in [0.15, 0.2) is 131 Å². The number of benzene rings is 4. The molecule has 0 spiro atoms. The standard InChI is InChI=1S/C44H54N4O6S/c49-39(33-47-29-25-45(26-30-47)23-7-13-37-9-3-1-4-10-37)35-53-41-15-19-43(20-16-41)55(51,52)44-21-17-42(18-22-44)54-36-40(50)34-48-31-27-46(28-32-48)24-8-14-38-11-5-2-6-12-38/h1-22,39-40,49-50H,23-36H2/b13-7-,14-8-/t39-,40+. The van der Waals surface area contributed by atoms with Gasteiger partial charge in [0.25, 0.3) is 0 Å². The first-order valence-corrected chi connectivity index (χ1v) is 20.7. The largest absolute Gasteiger partial charge is 0.491 e. The minimum Gasteiger partial charge on any atom is -0.491 e. The minimum absolute atomic E-state index is 0.117. The van der Waals surface area contributed by atoms with Gasteiger partial charge in [-0.3, -0.25) is 19.6 Å². The van der Waals surface area contributed by atoms with Crippen molar-refractivity contribution in [1.29, 1.82) is 0 Å². The molecule has 6 rings (SSSR count). The Morgan fingerprint density at radius 2 is 0.855 bits per heavy atom. The van der Waals surface area contributed by atoms with Crippen molar-refractivity contribution in [3.05, 3.63) is 132 Å². The lowest BCUT2D eigenvalue weighted by Crippen LogP contribution is -2.49. The fraction of sp³-hybridized carbons (Fsp3) is 0.364. The van der Waals surface area contributed by atoms with Crippen LogP contribution in [0.3, 0.4) is 0 Å². The van der Waals surface area contributed by atoms with Crippen LogP contribution in [0, 0.1) is 0 Å². The van der Waals surface area contributed by atoms with Gasteiger partial charge in [-0.05, 0) is 59.7 Å². The summed E-state index contributed by atoms with van der Waals surface area (Å²) in [5, 5.41) is 21.3. The summed E-state index contributed by atoms with van der Waals surface area (Å²) in [4.78, 5) is 9.59. The van der Waals surface area contributed by atoms with Gasteiger partial charge in [-0.1, -0.05) is 85.0 Å². The van der Waals surface area contributed by atoms with E-state index in [1.165, 1.54) is 35.4 Å². The molecule has 2 atom stereocenters. The third-order valence-electron chi connectivity index (χ3n) is 9.97. The number of piperazine rings is 2. The van der Waals surface area contributed by atoms with Gasteiger partial charge < -0.3 is 19.7 Å². The molecule has 292 valence electrons. The molecule has 4 aromatic carbocycles. The maximum Gasteiger partial charge on any atom is 0.206 e. The molecule has 2 saturated heterocycles. The van der Waals surface area contributed by atoms with Crippen LogP contribution in [-0.4, -0.2) is 142 Å². The number of aliphatic hydroxyl groups is 2. The normalized spacial score (nSPS) is 17.8. The smallest absolute Gasteiger partial charge is 0.206 e. The molecule has 0 aromatic heterocycles. The second-order valence-corrected chi connectivity index (χ2v) is 16.2. The molecule has 0 aliphatic carbocycles. The SMILES string of the molecule is O=S(=O)(c1ccc(OC[C@@H](O)CN2CCN(C/C=C\c3ccccc3)CC2)cc1)c1ccc(OC[C@H](O)CN2CCN(C/C=C\c3ccccc3)CC2)cc1. The summed E-state index contributed by atoms with van der Waals surface area (Å²) in [6.07, 6.45) is 7.36. The zero-order chi connectivity index (χ0) is 38.3. The van der Waals surface area contributed by atoms with Crippen LogP contribution < -0.4 is 9.47 Å². The predicted octanol–water partition coefficient (Wildman–Crippen LogP) is 4.66. The van der Waals surface area contributed by atoms with E-state index < -0.39 is 22.0 Å². The molecule has 0 bridgehead atoms. The van der Waals surface area contributed by atoms with Gasteiger partial charge in [-0.2, -0.15) is 0 Å². The molecule has 2 N–H and O–H groups in total. The number of sulfone groups is 1. The van der Waals surface area contributed by atoms with E-state index in [0.717, 1.165) is 65.4 Å². The van der Waals surface area contributed by atoms with Crippen LogP contribution in [0.25, 0.3) is 12.2 Å². The van der Waals surface area contributed by atoms with Gasteiger partial charge in [0.2, 0.25) is 9.84 Å². The molecule has 0 saturated carbocycles. The molecule has 4 aromatic rings. The molecule has 0 radical (unpaired) electrons. The van der Waals surface area contributed by atoms with E-state index in [4.69, 9.17) is 9.47 Å². The van der Waals surface area contributed by atoms with Crippen LogP contribution in [0.1, 0.15) is 11.1 Å². The lowest BCUT2D eigenvalue weighted by atomic mass is 10.2. The Hall–Kier alpha value is -4.33. The maximum atomic E-state index is 13.3. The highest BCUT2D eigenvalue weighted by molar-refractivity contribution is 7.91. The molecule has 0 amide bonds. The predicted molar refractivity (Wildman–Crippen MR) is 218 cm³/mol. The van der Waals surface area contributed by atoms with Crippen LogP contribution in [-0.2, 0) is 9.84 Å². The number of hydrogen-bond donors (Lipinski definition) is 2. The van der Waals surface area contributed by atoms with E-state index in [2.05, 4.69) is 68.2 Å². The second kappa shape index (κ2) is 20.5. The Kier molecular flexibility index (Phi) is 15.1. The second-order valence-electron chi connectivity index (χ2n) is 14.2. The topological polar surface area (TPSA) is 106 Å². The van der Waals surface area contributed by atoms with E-state index in [9.17, 15) is 18.6 Å². The van der Waals surface area contributed by atoms with Gasteiger partial charge in [-0.15, -0.1) is 0 Å². The molecule has 10 nitrogen and oxygen atoms in total. The van der Waals surface area contributed by atoms with Gasteiger partial charge in [0.05, 0.1) is 9.79 Å². The molecule has 0 unspecified atom stereocenters. The fourth-order valence-electron chi connectivity index (χ4n) is 6.77. The number of rotatable bonds is 18. The van der Waals surface area contributed by atoms with Crippen molar-refractivity contribution in [3.63, 3.8) is 0 Å². The molecular formula is C44H54N4O6S. The van der Waals surface area contributed by atoms with Gasteiger partial charge in [-0.25, -0.2) is 8.42 Å². The summed E-state index contributed by atoms with van der Waals surface area (Å²) < 4.78 is 38.3. The average Bonchev–Trinajstić information content (AvgIpc) is 3.22. The van der Waals surface area contributed by atoms with Gasteiger partial charge in [0.15, 0.2) is 0 Å². The Morgan fingerprint density at radius 3 is 1.22 bits per heavy atom. The van der Waals surface area contributed by atoms with Crippen LogP contribution >= 0.6 is 0 Å². The lowest BCUT2D eigenvalue weighted by Gasteiger charge is -2.35. The minimum atomic E-state index is -3.76. The Bertz CT molecular complexity index is 1740. The number of aliphatic hydroxyl groups excluding tert-OH is 2. The van der Waals surface area contributed by atoms with Crippen LogP contribution in [0.4, 0.5) is 0 Å². The zero-order valence-corrected chi connectivity index (χ0v) is 32.3. The first-order valence-electron chi connectivity index (χ1n) is 19.2. The van der Waals surface area contributed by atoms with Crippen molar-refractivity contribution < 1.29 is 28.1 Å². The molecule has 11 heteroatoms. The Balaban J connectivity index is 0.862. The van der Waals surface area contributed by atoms with Crippen molar-refractivity contribution in [1.82, 2.24) is 19.6 Å². The first kappa shape index (κ1) is 40.3. The highest BCUT2D eigenvalue weighted by Gasteiger charge is 2.22. The van der Waals surface area contributed by atoms with E-state index in [-0.39, 0.29) is 23.0 Å². The highest BCUT2D eigenvalue weighted by atomic mass is 32.2.